The Balaban J connectivity index is 1.95. The van der Waals surface area contributed by atoms with Crippen molar-refractivity contribution in [1.82, 2.24) is 10.3 Å². The molecule has 0 spiro atoms. The van der Waals surface area contributed by atoms with Crippen LogP contribution in [0.15, 0.2) is 30.5 Å². The van der Waals surface area contributed by atoms with E-state index in [4.69, 9.17) is 0 Å². The zero-order valence-electron chi connectivity index (χ0n) is 9.86. The molecular formula is C13H14N2OS. The van der Waals surface area contributed by atoms with E-state index in [-0.39, 0.29) is 5.91 Å². The van der Waals surface area contributed by atoms with Gasteiger partial charge in [0, 0.05) is 21.6 Å². The van der Waals surface area contributed by atoms with Crippen molar-refractivity contribution in [3.8, 4) is 0 Å². The molecule has 0 radical (unpaired) electrons. The first-order valence-corrected chi connectivity index (χ1v) is 6.23. The van der Waals surface area contributed by atoms with E-state index in [9.17, 15) is 4.79 Å². The number of rotatable bonds is 3. The van der Waals surface area contributed by atoms with Crippen LogP contribution in [-0.4, -0.2) is 10.9 Å². The zero-order chi connectivity index (χ0) is 12.3. The second-order valence-corrected chi connectivity index (χ2v) is 5.26. The highest BCUT2D eigenvalue weighted by atomic mass is 32.1. The number of nitrogens with zero attached hydrogens (tertiary/aromatic N) is 1. The van der Waals surface area contributed by atoms with Crippen LogP contribution in [0.2, 0.25) is 0 Å². The van der Waals surface area contributed by atoms with Crippen LogP contribution in [0.1, 0.15) is 25.8 Å². The molecular weight excluding hydrogens is 232 g/mol. The number of hydrogen-bond donors (Lipinski definition) is 1. The van der Waals surface area contributed by atoms with E-state index in [1.54, 1.807) is 23.6 Å². The van der Waals surface area contributed by atoms with Gasteiger partial charge in [0.2, 0.25) is 0 Å². The molecule has 0 unspecified atom stereocenters. The van der Waals surface area contributed by atoms with Crippen molar-refractivity contribution in [1.29, 1.82) is 0 Å². The maximum Gasteiger partial charge on any atom is 0.253 e. The maximum atomic E-state index is 11.8. The highest BCUT2D eigenvalue weighted by molar-refractivity contribution is 7.11. The molecule has 0 atom stereocenters. The molecule has 3 nitrogen and oxygen atoms in total. The van der Waals surface area contributed by atoms with E-state index in [1.807, 2.05) is 19.1 Å². The predicted octanol–water partition coefficient (Wildman–Crippen LogP) is 2.69. The lowest BCUT2D eigenvalue weighted by atomic mass is 10.2. The summed E-state index contributed by atoms with van der Waals surface area (Å²) in [7, 11) is 0. The summed E-state index contributed by atoms with van der Waals surface area (Å²) in [4.78, 5) is 18.3. The number of hydrogen-bond acceptors (Lipinski definition) is 3. The van der Waals surface area contributed by atoms with E-state index in [1.165, 1.54) is 4.88 Å². The third-order valence-corrected chi connectivity index (χ3v) is 3.39. The van der Waals surface area contributed by atoms with Crippen molar-refractivity contribution in [2.75, 3.05) is 0 Å². The van der Waals surface area contributed by atoms with Gasteiger partial charge >= 0.3 is 0 Å². The topological polar surface area (TPSA) is 42.0 Å². The molecule has 0 bridgehead atoms. The Labute approximate surface area is 105 Å². The summed E-state index contributed by atoms with van der Waals surface area (Å²) < 4.78 is 0. The molecule has 88 valence electrons. The Bertz CT molecular complexity index is 516. The minimum atomic E-state index is -0.0800. The van der Waals surface area contributed by atoms with E-state index < -0.39 is 0 Å². The third-order valence-electron chi connectivity index (χ3n) is 2.39. The van der Waals surface area contributed by atoms with Crippen molar-refractivity contribution >= 4 is 17.2 Å². The van der Waals surface area contributed by atoms with E-state index in [2.05, 4.69) is 23.3 Å². The molecule has 0 saturated carbocycles. The average molecular weight is 246 g/mol. The third kappa shape index (κ3) is 3.14. The molecule has 0 aliphatic rings. The van der Waals surface area contributed by atoms with Gasteiger partial charge in [-0.05, 0) is 38.1 Å². The summed E-state index contributed by atoms with van der Waals surface area (Å²) in [5.41, 5.74) is 1.51. The fourth-order valence-corrected chi connectivity index (χ4v) is 2.28. The number of carbonyl (C=O) groups is 1. The largest absolute Gasteiger partial charge is 0.347 e. The number of carbonyl (C=O) groups excluding carboxylic acids is 1. The van der Waals surface area contributed by atoms with Gasteiger partial charge in [0.05, 0.1) is 12.1 Å². The van der Waals surface area contributed by atoms with Crippen molar-refractivity contribution in [3.05, 3.63) is 51.5 Å². The lowest BCUT2D eigenvalue weighted by Crippen LogP contribution is -2.22. The lowest BCUT2D eigenvalue weighted by Gasteiger charge is -2.03. The Morgan fingerprint density at radius 3 is 2.71 bits per heavy atom. The van der Waals surface area contributed by atoms with Crippen LogP contribution in [-0.2, 0) is 6.54 Å². The molecule has 0 saturated heterocycles. The molecule has 0 aliphatic carbocycles. The molecule has 2 heterocycles. The molecule has 4 heteroatoms. The first-order valence-electron chi connectivity index (χ1n) is 5.41. The summed E-state index contributed by atoms with van der Waals surface area (Å²) in [6, 6.07) is 7.72. The standard InChI is InChI=1S/C13H14N2OS/c1-9-3-5-11(7-14-9)13(16)15-8-12-6-4-10(2)17-12/h3-7H,8H2,1-2H3,(H,15,16). The number of pyridine rings is 1. The molecule has 1 N–H and O–H groups in total. The molecule has 0 fully saturated rings. The molecule has 2 rings (SSSR count). The van der Waals surface area contributed by atoms with Gasteiger partial charge < -0.3 is 5.32 Å². The summed E-state index contributed by atoms with van der Waals surface area (Å²) >= 11 is 1.70. The average Bonchev–Trinajstić information content (AvgIpc) is 2.73. The number of nitrogens with one attached hydrogen (secondary N) is 1. The zero-order valence-corrected chi connectivity index (χ0v) is 10.7. The van der Waals surface area contributed by atoms with Crippen LogP contribution >= 0.6 is 11.3 Å². The normalized spacial score (nSPS) is 10.2. The fraction of sp³-hybridized carbons (Fsp3) is 0.231. The first-order chi connectivity index (χ1) is 8.15. The maximum absolute atomic E-state index is 11.8. The summed E-state index contributed by atoms with van der Waals surface area (Å²) in [5, 5.41) is 2.88. The van der Waals surface area contributed by atoms with E-state index in [0.717, 1.165) is 10.6 Å². The number of aromatic nitrogens is 1. The highest BCUT2D eigenvalue weighted by Crippen LogP contribution is 2.14. The van der Waals surface area contributed by atoms with Crippen molar-refractivity contribution in [3.63, 3.8) is 0 Å². The molecule has 1 amide bonds. The summed E-state index contributed by atoms with van der Waals surface area (Å²) in [5.74, 6) is -0.0800. The smallest absolute Gasteiger partial charge is 0.253 e. The highest BCUT2D eigenvalue weighted by Gasteiger charge is 2.05. The molecule has 0 aromatic carbocycles. The van der Waals surface area contributed by atoms with E-state index in [0.29, 0.717) is 12.1 Å². The Hall–Kier alpha value is -1.68. The van der Waals surface area contributed by atoms with Gasteiger partial charge in [-0.25, -0.2) is 0 Å². The fourth-order valence-electron chi connectivity index (χ4n) is 1.45. The van der Waals surface area contributed by atoms with Crippen molar-refractivity contribution in [2.45, 2.75) is 20.4 Å². The van der Waals surface area contributed by atoms with Gasteiger partial charge in [-0.2, -0.15) is 0 Å². The van der Waals surface area contributed by atoms with Gasteiger partial charge in [-0.1, -0.05) is 0 Å². The number of aryl methyl sites for hydroxylation is 2. The monoisotopic (exact) mass is 246 g/mol. The van der Waals surface area contributed by atoms with Gasteiger partial charge in [-0.3, -0.25) is 9.78 Å². The Kier molecular flexibility index (Phi) is 3.54. The van der Waals surface area contributed by atoms with Crippen LogP contribution in [0.5, 0.6) is 0 Å². The van der Waals surface area contributed by atoms with Crippen LogP contribution in [0.4, 0.5) is 0 Å². The summed E-state index contributed by atoms with van der Waals surface area (Å²) in [6.07, 6.45) is 1.60. The molecule has 0 aliphatic heterocycles. The van der Waals surface area contributed by atoms with E-state index >= 15 is 0 Å². The first kappa shape index (κ1) is 11.8. The van der Waals surface area contributed by atoms with Gasteiger partial charge in [-0.15, -0.1) is 11.3 Å². The Morgan fingerprint density at radius 1 is 1.29 bits per heavy atom. The van der Waals surface area contributed by atoms with Gasteiger partial charge in [0.15, 0.2) is 0 Å². The van der Waals surface area contributed by atoms with Gasteiger partial charge in [0.1, 0.15) is 0 Å². The minimum Gasteiger partial charge on any atom is -0.347 e. The quantitative estimate of drug-likeness (QED) is 0.904. The van der Waals surface area contributed by atoms with Crippen molar-refractivity contribution < 1.29 is 4.79 Å². The van der Waals surface area contributed by atoms with Crippen LogP contribution in [0, 0.1) is 13.8 Å². The lowest BCUT2D eigenvalue weighted by molar-refractivity contribution is 0.0951. The van der Waals surface area contributed by atoms with Crippen LogP contribution in [0.3, 0.4) is 0 Å². The minimum absolute atomic E-state index is 0.0800. The SMILES string of the molecule is Cc1ccc(C(=O)NCc2ccc(C)s2)cn1. The summed E-state index contributed by atoms with van der Waals surface area (Å²) in [6.45, 7) is 4.53. The molecule has 2 aromatic heterocycles. The Morgan fingerprint density at radius 2 is 2.12 bits per heavy atom. The van der Waals surface area contributed by atoms with Crippen LogP contribution in [0.25, 0.3) is 0 Å². The second kappa shape index (κ2) is 5.10. The number of thiophene rings is 1. The van der Waals surface area contributed by atoms with Gasteiger partial charge in [0.25, 0.3) is 5.91 Å². The molecule has 17 heavy (non-hydrogen) atoms. The van der Waals surface area contributed by atoms with Crippen LogP contribution < -0.4 is 5.32 Å². The number of amides is 1. The predicted molar refractivity (Wildman–Crippen MR) is 69.2 cm³/mol. The second-order valence-electron chi connectivity index (χ2n) is 3.88. The van der Waals surface area contributed by atoms with Crippen molar-refractivity contribution in [2.24, 2.45) is 0 Å². The molecule has 2 aromatic rings.